The van der Waals surface area contributed by atoms with Crippen LogP contribution in [0.25, 0.3) is 0 Å². The monoisotopic (exact) mass is 353 g/mol. The second-order valence-corrected chi connectivity index (χ2v) is 7.20. The van der Waals surface area contributed by atoms with Crippen LogP contribution in [0.5, 0.6) is 0 Å². The minimum atomic E-state index is 0.517. The molecule has 1 aromatic carbocycles. The first-order valence-corrected chi connectivity index (χ1v) is 9.05. The first-order valence-electron chi connectivity index (χ1n) is 8.26. The number of benzene rings is 1. The third-order valence-electron chi connectivity index (χ3n) is 4.22. The van der Waals surface area contributed by atoms with Gasteiger partial charge in [-0.05, 0) is 43.2 Å². The summed E-state index contributed by atoms with van der Waals surface area (Å²) in [5, 5.41) is 3.60. The Morgan fingerprint density at radius 1 is 1.33 bits per heavy atom. The number of hydrogen-bond donors (Lipinski definition) is 1. The van der Waals surface area contributed by atoms with Crippen LogP contribution in [-0.2, 0) is 4.74 Å². The Labute approximate surface area is 137 Å². The molecule has 1 aliphatic heterocycles. The molecule has 2 rings (SSSR count). The predicted octanol–water partition coefficient (Wildman–Crippen LogP) is 4.88. The number of ether oxygens (including phenoxy) is 1. The zero-order chi connectivity index (χ0) is 15.1. The van der Waals surface area contributed by atoms with Gasteiger partial charge >= 0.3 is 0 Å². The molecule has 1 N–H and O–H groups in total. The van der Waals surface area contributed by atoms with Gasteiger partial charge in [0.1, 0.15) is 0 Å². The minimum Gasteiger partial charge on any atom is -0.378 e. The highest BCUT2D eigenvalue weighted by atomic mass is 79.9. The SMILES string of the molecule is CC(C)NCC(CCCC1CCCO1)c1ccccc1Br. The van der Waals surface area contributed by atoms with Gasteiger partial charge in [0.2, 0.25) is 0 Å². The maximum atomic E-state index is 5.74. The van der Waals surface area contributed by atoms with Crippen molar-refractivity contribution in [1.29, 1.82) is 0 Å². The fourth-order valence-electron chi connectivity index (χ4n) is 3.02. The second-order valence-electron chi connectivity index (χ2n) is 6.35. The first kappa shape index (κ1) is 17.0. The number of rotatable bonds is 8. The summed E-state index contributed by atoms with van der Waals surface area (Å²) in [6.45, 7) is 6.44. The molecule has 0 amide bonds. The van der Waals surface area contributed by atoms with E-state index < -0.39 is 0 Å². The van der Waals surface area contributed by atoms with E-state index >= 15 is 0 Å². The molecule has 0 bridgehead atoms. The van der Waals surface area contributed by atoms with Gasteiger partial charge in [0.05, 0.1) is 6.10 Å². The molecule has 21 heavy (non-hydrogen) atoms. The Balaban J connectivity index is 1.90. The van der Waals surface area contributed by atoms with Crippen LogP contribution in [0.2, 0.25) is 0 Å². The predicted molar refractivity (Wildman–Crippen MR) is 92.8 cm³/mol. The summed E-state index contributed by atoms with van der Waals surface area (Å²) in [7, 11) is 0. The van der Waals surface area contributed by atoms with Crippen molar-refractivity contribution in [2.45, 2.75) is 64.0 Å². The van der Waals surface area contributed by atoms with Crippen molar-refractivity contribution in [3.8, 4) is 0 Å². The molecular formula is C18H28BrNO. The molecule has 0 saturated carbocycles. The lowest BCUT2D eigenvalue weighted by Crippen LogP contribution is -2.28. The quantitative estimate of drug-likeness (QED) is 0.718. The summed E-state index contributed by atoms with van der Waals surface area (Å²) in [4.78, 5) is 0. The van der Waals surface area contributed by atoms with E-state index in [0.29, 0.717) is 18.1 Å². The summed E-state index contributed by atoms with van der Waals surface area (Å²) in [6, 6.07) is 9.17. The van der Waals surface area contributed by atoms with Gasteiger partial charge in [-0.15, -0.1) is 0 Å². The Kier molecular flexibility index (Phi) is 7.21. The van der Waals surface area contributed by atoms with Crippen molar-refractivity contribution in [3.05, 3.63) is 34.3 Å². The highest BCUT2D eigenvalue weighted by Crippen LogP contribution is 2.29. The van der Waals surface area contributed by atoms with Crippen LogP contribution < -0.4 is 5.32 Å². The summed E-state index contributed by atoms with van der Waals surface area (Å²) in [5.41, 5.74) is 1.43. The lowest BCUT2D eigenvalue weighted by Gasteiger charge is -2.21. The van der Waals surface area contributed by atoms with Crippen molar-refractivity contribution in [2.75, 3.05) is 13.2 Å². The highest BCUT2D eigenvalue weighted by molar-refractivity contribution is 9.10. The summed E-state index contributed by atoms with van der Waals surface area (Å²) >= 11 is 3.71. The molecule has 2 unspecified atom stereocenters. The number of halogens is 1. The zero-order valence-electron chi connectivity index (χ0n) is 13.3. The second kappa shape index (κ2) is 8.92. The molecule has 118 valence electrons. The Morgan fingerprint density at radius 2 is 2.14 bits per heavy atom. The topological polar surface area (TPSA) is 21.3 Å². The first-order chi connectivity index (χ1) is 10.2. The van der Waals surface area contributed by atoms with E-state index in [-0.39, 0.29) is 0 Å². The maximum absolute atomic E-state index is 5.74. The molecule has 0 aliphatic carbocycles. The minimum absolute atomic E-state index is 0.517. The average Bonchev–Trinajstić information content (AvgIpc) is 2.96. The molecule has 2 atom stereocenters. The smallest absolute Gasteiger partial charge is 0.0576 e. The lowest BCUT2D eigenvalue weighted by atomic mass is 9.92. The molecule has 0 aromatic heterocycles. The number of nitrogens with one attached hydrogen (secondary N) is 1. The molecule has 0 radical (unpaired) electrons. The van der Waals surface area contributed by atoms with Crippen LogP contribution in [0.15, 0.2) is 28.7 Å². The molecule has 1 aromatic rings. The molecule has 1 saturated heterocycles. The third-order valence-corrected chi connectivity index (χ3v) is 4.94. The van der Waals surface area contributed by atoms with E-state index in [1.54, 1.807) is 0 Å². The summed E-state index contributed by atoms with van der Waals surface area (Å²) in [5.74, 6) is 0.573. The van der Waals surface area contributed by atoms with E-state index in [9.17, 15) is 0 Å². The fraction of sp³-hybridized carbons (Fsp3) is 0.667. The van der Waals surface area contributed by atoms with E-state index in [1.807, 2.05) is 0 Å². The molecule has 0 spiro atoms. The van der Waals surface area contributed by atoms with Crippen molar-refractivity contribution in [3.63, 3.8) is 0 Å². The van der Waals surface area contributed by atoms with Gasteiger partial charge in [0, 0.05) is 23.7 Å². The molecule has 3 heteroatoms. The van der Waals surface area contributed by atoms with E-state index in [1.165, 1.54) is 42.1 Å². The van der Waals surface area contributed by atoms with E-state index in [2.05, 4.69) is 59.4 Å². The van der Waals surface area contributed by atoms with E-state index in [4.69, 9.17) is 4.74 Å². The molecular weight excluding hydrogens is 326 g/mol. The maximum Gasteiger partial charge on any atom is 0.0576 e. The average molecular weight is 354 g/mol. The van der Waals surface area contributed by atoms with E-state index in [0.717, 1.165) is 13.2 Å². The summed E-state index contributed by atoms with van der Waals surface area (Å²) in [6.07, 6.45) is 6.70. The van der Waals surface area contributed by atoms with Crippen LogP contribution in [0.4, 0.5) is 0 Å². The van der Waals surface area contributed by atoms with Gasteiger partial charge in [-0.3, -0.25) is 0 Å². The van der Waals surface area contributed by atoms with Gasteiger partial charge in [0.15, 0.2) is 0 Å². The summed E-state index contributed by atoms with van der Waals surface area (Å²) < 4.78 is 6.97. The van der Waals surface area contributed by atoms with Crippen molar-refractivity contribution in [2.24, 2.45) is 0 Å². The Morgan fingerprint density at radius 3 is 2.81 bits per heavy atom. The van der Waals surface area contributed by atoms with Gasteiger partial charge in [-0.2, -0.15) is 0 Å². The Hall–Kier alpha value is -0.380. The fourth-order valence-corrected chi connectivity index (χ4v) is 3.62. The zero-order valence-corrected chi connectivity index (χ0v) is 14.9. The number of hydrogen-bond acceptors (Lipinski definition) is 2. The van der Waals surface area contributed by atoms with Crippen molar-refractivity contribution in [1.82, 2.24) is 5.32 Å². The molecule has 1 aliphatic rings. The van der Waals surface area contributed by atoms with Crippen LogP contribution >= 0.6 is 15.9 Å². The largest absolute Gasteiger partial charge is 0.378 e. The van der Waals surface area contributed by atoms with Crippen LogP contribution in [0.1, 0.15) is 57.4 Å². The third kappa shape index (κ3) is 5.72. The van der Waals surface area contributed by atoms with Gasteiger partial charge in [0.25, 0.3) is 0 Å². The molecule has 2 nitrogen and oxygen atoms in total. The Bertz CT molecular complexity index is 415. The highest BCUT2D eigenvalue weighted by Gasteiger charge is 2.18. The van der Waals surface area contributed by atoms with Gasteiger partial charge < -0.3 is 10.1 Å². The standard InChI is InChI=1S/C18H28BrNO/c1-14(2)20-13-15(17-10-3-4-11-18(17)19)7-5-8-16-9-6-12-21-16/h3-4,10-11,14-16,20H,5-9,12-13H2,1-2H3. The van der Waals surface area contributed by atoms with Gasteiger partial charge in [-0.1, -0.05) is 54.4 Å². The van der Waals surface area contributed by atoms with Crippen LogP contribution in [0.3, 0.4) is 0 Å². The lowest BCUT2D eigenvalue weighted by molar-refractivity contribution is 0.101. The molecule has 1 heterocycles. The van der Waals surface area contributed by atoms with Gasteiger partial charge in [-0.25, -0.2) is 0 Å². The van der Waals surface area contributed by atoms with Crippen molar-refractivity contribution < 1.29 is 4.74 Å². The van der Waals surface area contributed by atoms with Crippen molar-refractivity contribution >= 4 is 15.9 Å². The molecule has 1 fully saturated rings. The van der Waals surface area contributed by atoms with Crippen LogP contribution in [0, 0.1) is 0 Å². The van der Waals surface area contributed by atoms with Crippen LogP contribution in [-0.4, -0.2) is 25.3 Å². The normalized spacial score (nSPS) is 20.1.